The van der Waals surface area contributed by atoms with E-state index in [1.165, 1.54) is 11.1 Å². The second-order valence-corrected chi connectivity index (χ2v) is 4.10. The zero-order valence-corrected chi connectivity index (χ0v) is 9.77. The lowest BCUT2D eigenvalue weighted by atomic mass is 10.1. The Morgan fingerprint density at radius 3 is 2.75 bits per heavy atom. The van der Waals surface area contributed by atoms with Crippen molar-refractivity contribution in [1.29, 1.82) is 0 Å². The van der Waals surface area contributed by atoms with Crippen LogP contribution in [0.15, 0.2) is 30.5 Å². The van der Waals surface area contributed by atoms with Crippen LogP contribution in [0.2, 0.25) is 0 Å². The molecule has 3 nitrogen and oxygen atoms in total. The number of aromatic nitrogens is 2. The molecule has 84 valence electrons. The van der Waals surface area contributed by atoms with Gasteiger partial charge in [0.1, 0.15) is 5.82 Å². The van der Waals surface area contributed by atoms with Crippen LogP contribution in [0.3, 0.4) is 0 Å². The average molecular weight is 215 g/mol. The van der Waals surface area contributed by atoms with Crippen LogP contribution in [0.1, 0.15) is 22.6 Å². The van der Waals surface area contributed by atoms with Gasteiger partial charge in [0.2, 0.25) is 0 Å². The minimum absolute atomic E-state index is 0.502. The second kappa shape index (κ2) is 4.49. The topological polar surface area (TPSA) is 43.8 Å². The van der Waals surface area contributed by atoms with Gasteiger partial charge in [-0.2, -0.15) is 0 Å². The van der Waals surface area contributed by atoms with Crippen molar-refractivity contribution in [3.05, 3.63) is 53.1 Å². The number of nitrogens with zero attached hydrogens (tertiary/aromatic N) is 2. The maximum Gasteiger partial charge on any atom is 0.106 e. The SMILES string of the molecule is Cc1cccc(Cn2cc(CN)nc2C)c1. The van der Waals surface area contributed by atoms with Crippen molar-refractivity contribution in [3.8, 4) is 0 Å². The van der Waals surface area contributed by atoms with Crippen molar-refractivity contribution in [3.63, 3.8) is 0 Å². The van der Waals surface area contributed by atoms with Gasteiger partial charge >= 0.3 is 0 Å². The molecule has 0 radical (unpaired) electrons. The fourth-order valence-electron chi connectivity index (χ4n) is 1.84. The molecule has 0 amide bonds. The van der Waals surface area contributed by atoms with E-state index in [0.717, 1.165) is 18.1 Å². The first kappa shape index (κ1) is 10.9. The summed E-state index contributed by atoms with van der Waals surface area (Å²) in [5.41, 5.74) is 9.10. The number of benzene rings is 1. The quantitative estimate of drug-likeness (QED) is 0.851. The molecule has 16 heavy (non-hydrogen) atoms. The van der Waals surface area contributed by atoms with Crippen molar-refractivity contribution >= 4 is 0 Å². The molecule has 2 rings (SSSR count). The van der Waals surface area contributed by atoms with E-state index in [0.29, 0.717) is 6.54 Å². The standard InChI is InChI=1S/C13H17N3/c1-10-4-3-5-12(6-10)8-16-9-13(7-14)15-11(16)2/h3-6,9H,7-8,14H2,1-2H3. The van der Waals surface area contributed by atoms with Crippen molar-refractivity contribution < 1.29 is 0 Å². The van der Waals surface area contributed by atoms with Gasteiger partial charge in [-0.3, -0.25) is 0 Å². The second-order valence-electron chi connectivity index (χ2n) is 4.10. The predicted molar refractivity (Wildman–Crippen MR) is 65.1 cm³/mol. The number of aryl methyl sites for hydroxylation is 2. The molecular weight excluding hydrogens is 198 g/mol. The Kier molecular flexibility index (Phi) is 3.06. The Hall–Kier alpha value is -1.61. The molecule has 0 saturated heterocycles. The van der Waals surface area contributed by atoms with E-state index in [2.05, 4.69) is 40.7 Å². The van der Waals surface area contributed by atoms with Gasteiger partial charge in [-0.1, -0.05) is 29.8 Å². The lowest BCUT2D eigenvalue weighted by Crippen LogP contribution is -2.00. The minimum atomic E-state index is 0.502. The molecule has 0 unspecified atom stereocenters. The van der Waals surface area contributed by atoms with Gasteiger partial charge in [0.15, 0.2) is 0 Å². The maximum atomic E-state index is 5.57. The molecule has 3 heteroatoms. The van der Waals surface area contributed by atoms with Crippen LogP contribution >= 0.6 is 0 Å². The average Bonchev–Trinajstić information content (AvgIpc) is 2.60. The van der Waals surface area contributed by atoms with Crippen LogP contribution < -0.4 is 5.73 Å². The highest BCUT2D eigenvalue weighted by Crippen LogP contribution is 2.09. The minimum Gasteiger partial charge on any atom is -0.330 e. The highest BCUT2D eigenvalue weighted by Gasteiger charge is 2.03. The highest BCUT2D eigenvalue weighted by molar-refractivity contribution is 5.23. The molecule has 1 heterocycles. The summed E-state index contributed by atoms with van der Waals surface area (Å²) < 4.78 is 2.14. The summed E-state index contributed by atoms with van der Waals surface area (Å²) in [4.78, 5) is 4.39. The summed E-state index contributed by atoms with van der Waals surface area (Å²) in [6, 6.07) is 8.52. The smallest absolute Gasteiger partial charge is 0.106 e. The van der Waals surface area contributed by atoms with Crippen molar-refractivity contribution in [2.75, 3.05) is 0 Å². The molecule has 1 aromatic heterocycles. The van der Waals surface area contributed by atoms with Gasteiger partial charge < -0.3 is 10.3 Å². The molecule has 2 N–H and O–H groups in total. The highest BCUT2D eigenvalue weighted by atomic mass is 15.1. The molecule has 0 aliphatic carbocycles. The molecule has 1 aromatic carbocycles. The molecule has 2 aromatic rings. The van der Waals surface area contributed by atoms with Gasteiger partial charge in [-0.25, -0.2) is 4.98 Å². The first-order chi connectivity index (χ1) is 7.69. The monoisotopic (exact) mass is 215 g/mol. The number of hydrogen-bond acceptors (Lipinski definition) is 2. The van der Waals surface area contributed by atoms with Crippen LogP contribution in [0.25, 0.3) is 0 Å². The van der Waals surface area contributed by atoms with Crippen LogP contribution in [0.4, 0.5) is 0 Å². The number of rotatable bonds is 3. The van der Waals surface area contributed by atoms with E-state index < -0.39 is 0 Å². The zero-order valence-electron chi connectivity index (χ0n) is 9.77. The van der Waals surface area contributed by atoms with Crippen LogP contribution in [0, 0.1) is 13.8 Å². The fraction of sp³-hybridized carbons (Fsp3) is 0.308. The van der Waals surface area contributed by atoms with E-state index >= 15 is 0 Å². The van der Waals surface area contributed by atoms with E-state index in [4.69, 9.17) is 5.73 Å². The summed E-state index contributed by atoms with van der Waals surface area (Å²) in [7, 11) is 0. The van der Waals surface area contributed by atoms with Gasteiger partial charge in [0, 0.05) is 19.3 Å². The molecule has 0 spiro atoms. The van der Waals surface area contributed by atoms with Gasteiger partial charge in [0.05, 0.1) is 5.69 Å². The lowest BCUT2D eigenvalue weighted by Gasteiger charge is -2.05. The molecule has 0 saturated carbocycles. The van der Waals surface area contributed by atoms with Gasteiger partial charge in [-0.05, 0) is 19.4 Å². The Balaban J connectivity index is 2.23. The molecule has 0 fully saturated rings. The third-order valence-electron chi connectivity index (χ3n) is 2.67. The Morgan fingerprint density at radius 1 is 1.31 bits per heavy atom. The zero-order chi connectivity index (χ0) is 11.5. The fourth-order valence-corrected chi connectivity index (χ4v) is 1.84. The van der Waals surface area contributed by atoms with Crippen molar-refractivity contribution in [2.45, 2.75) is 26.9 Å². The van der Waals surface area contributed by atoms with E-state index in [9.17, 15) is 0 Å². The largest absolute Gasteiger partial charge is 0.330 e. The number of imidazole rings is 1. The summed E-state index contributed by atoms with van der Waals surface area (Å²) in [5, 5.41) is 0. The first-order valence-electron chi connectivity index (χ1n) is 5.47. The molecule has 0 atom stereocenters. The summed E-state index contributed by atoms with van der Waals surface area (Å²) in [5.74, 6) is 1.02. The van der Waals surface area contributed by atoms with Crippen LogP contribution in [0.5, 0.6) is 0 Å². The number of hydrogen-bond donors (Lipinski definition) is 1. The molecule has 0 bridgehead atoms. The maximum absolute atomic E-state index is 5.57. The Labute approximate surface area is 95.9 Å². The first-order valence-corrected chi connectivity index (χ1v) is 5.47. The van der Waals surface area contributed by atoms with Crippen LogP contribution in [-0.4, -0.2) is 9.55 Å². The van der Waals surface area contributed by atoms with Crippen molar-refractivity contribution in [2.24, 2.45) is 5.73 Å². The Bertz CT molecular complexity index is 486. The normalized spacial score (nSPS) is 10.7. The summed E-state index contributed by atoms with van der Waals surface area (Å²) in [6.07, 6.45) is 2.03. The van der Waals surface area contributed by atoms with Gasteiger partial charge in [-0.15, -0.1) is 0 Å². The van der Waals surface area contributed by atoms with Gasteiger partial charge in [0.25, 0.3) is 0 Å². The summed E-state index contributed by atoms with van der Waals surface area (Å²) >= 11 is 0. The third kappa shape index (κ3) is 2.31. The lowest BCUT2D eigenvalue weighted by molar-refractivity contribution is 0.761. The number of nitrogens with two attached hydrogens (primary N) is 1. The van der Waals surface area contributed by atoms with E-state index in [1.807, 2.05) is 13.1 Å². The molecule has 0 aliphatic heterocycles. The Morgan fingerprint density at radius 2 is 2.12 bits per heavy atom. The third-order valence-corrected chi connectivity index (χ3v) is 2.67. The molecular formula is C13H17N3. The van der Waals surface area contributed by atoms with E-state index in [-0.39, 0.29) is 0 Å². The predicted octanol–water partition coefficient (Wildman–Crippen LogP) is 2.01. The van der Waals surface area contributed by atoms with Crippen LogP contribution in [-0.2, 0) is 13.1 Å². The summed E-state index contributed by atoms with van der Waals surface area (Å²) in [6.45, 7) is 5.48. The van der Waals surface area contributed by atoms with E-state index in [1.54, 1.807) is 0 Å². The molecule has 0 aliphatic rings. The van der Waals surface area contributed by atoms with Crippen molar-refractivity contribution in [1.82, 2.24) is 9.55 Å².